The fourth-order valence-electron chi connectivity index (χ4n) is 2.94. The molecule has 1 saturated carbocycles. The van der Waals surface area contributed by atoms with Gasteiger partial charge in [-0.3, -0.25) is 4.79 Å². The summed E-state index contributed by atoms with van der Waals surface area (Å²) >= 11 is 1.97. The van der Waals surface area contributed by atoms with Gasteiger partial charge in [0.05, 0.1) is 0 Å². The molecular formula is C13H24N2OS. The van der Waals surface area contributed by atoms with Crippen molar-refractivity contribution >= 4 is 17.7 Å². The van der Waals surface area contributed by atoms with Crippen LogP contribution in [0.25, 0.3) is 0 Å². The quantitative estimate of drug-likeness (QED) is 0.836. The molecule has 1 aliphatic carbocycles. The van der Waals surface area contributed by atoms with Crippen LogP contribution in [0.3, 0.4) is 0 Å². The smallest absolute Gasteiger partial charge is 0.225 e. The van der Waals surface area contributed by atoms with Crippen molar-refractivity contribution in [3.8, 4) is 0 Å². The Bertz CT molecular complexity index is 258. The monoisotopic (exact) mass is 256 g/mol. The second kappa shape index (κ2) is 6.10. The molecule has 0 aromatic carbocycles. The first-order chi connectivity index (χ1) is 8.22. The van der Waals surface area contributed by atoms with E-state index in [-0.39, 0.29) is 5.92 Å². The standard InChI is InChI=1S/C13H24N2OS/c1-15(12-6-7-17-9-12)13(16)11-4-2-10(8-14)3-5-11/h10-12H,2-9,14H2,1H3. The van der Waals surface area contributed by atoms with Crippen molar-refractivity contribution < 1.29 is 4.79 Å². The predicted molar refractivity (Wildman–Crippen MR) is 73.0 cm³/mol. The predicted octanol–water partition coefficient (Wildman–Crippen LogP) is 1.72. The van der Waals surface area contributed by atoms with Crippen molar-refractivity contribution in [1.29, 1.82) is 0 Å². The van der Waals surface area contributed by atoms with Crippen LogP contribution in [0.2, 0.25) is 0 Å². The van der Waals surface area contributed by atoms with Crippen molar-refractivity contribution in [3.05, 3.63) is 0 Å². The van der Waals surface area contributed by atoms with Gasteiger partial charge >= 0.3 is 0 Å². The van der Waals surface area contributed by atoms with Crippen molar-refractivity contribution in [3.63, 3.8) is 0 Å². The summed E-state index contributed by atoms with van der Waals surface area (Å²) in [6.07, 6.45) is 5.54. The molecule has 2 fully saturated rings. The molecule has 2 N–H and O–H groups in total. The molecule has 1 heterocycles. The van der Waals surface area contributed by atoms with E-state index in [2.05, 4.69) is 0 Å². The van der Waals surface area contributed by atoms with Crippen LogP contribution in [0.15, 0.2) is 0 Å². The number of thioether (sulfide) groups is 1. The van der Waals surface area contributed by atoms with Gasteiger partial charge in [0.2, 0.25) is 5.91 Å². The molecule has 3 nitrogen and oxygen atoms in total. The van der Waals surface area contributed by atoms with Crippen LogP contribution in [0.1, 0.15) is 32.1 Å². The van der Waals surface area contributed by atoms with Gasteiger partial charge in [-0.1, -0.05) is 0 Å². The third kappa shape index (κ3) is 3.16. The topological polar surface area (TPSA) is 46.3 Å². The molecule has 2 aliphatic rings. The Morgan fingerprint density at radius 2 is 2.00 bits per heavy atom. The Morgan fingerprint density at radius 1 is 1.29 bits per heavy atom. The van der Waals surface area contributed by atoms with E-state index in [1.807, 2.05) is 23.7 Å². The summed E-state index contributed by atoms with van der Waals surface area (Å²) in [6.45, 7) is 0.788. The first-order valence-electron chi connectivity index (χ1n) is 6.77. The lowest BCUT2D eigenvalue weighted by Crippen LogP contribution is -2.42. The Kier molecular flexibility index (Phi) is 4.74. The van der Waals surface area contributed by atoms with Crippen LogP contribution in [0.5, 0.6) is 0 Å². The number of carbonyl (C=O) groups excluding carboxylic acids is 1. The zero-order chi connectivity index (χ0) is 12.3. The normalized spacial score (nSPS) is 33.6. The molecule has 0 spiro atoms. The van der Waals surface area contributed by atoms with Crippen LogP contribution in [0, 0.1) is 11.8 Å². The molecule has 1 saturated heterocycles. The number of hydrogen-bond acceptors (Lipinski definition) is 3. The largest absolute Gasteiger partial charge is 0.342 e. The third-order valence-electron chi connectivity index (χ3n) is 4.33. The SMILES string of the molecule is CN(C(=O)C1CCC(CN)CC1)C1CCSC1. The average Bonchev–Trinajstić information content (AvgIpc) is 2.91. The van der Waals surface area contributed by atoms with Crippen LogP contribution < -0.4 is 5.73 Å². The lowest BCUT2D eigenvalue weighted by atomic mass is 9.81. The number of amides is 1. The van der Waals surface area contributed by atoms with Gasteiger partial charge in [0.25, 0.3) is 0 Å². The summed E-state index contributed by atoms with van der Waals surface area (Å²) in [6, 6.07) is 0.486. The number of nitrogens with zero attached hydrogens (tertiary/aromatic N) is 1. The van der Waals surface area contributed by atoms with Gasteiger partial charge in [-0.25, -0.2) is 0 Å². The highest BCUT2D eigenvalue weighted by Gasteiger charge is 2.31. The molecule has 1 atom stereocenters. The van der Waals surface area contributed by atoms with Gasteiger partial charge in [-0.05, 0) is 50.3 Å². The lowest BCUT2D eigenvalue weighted by molar-refractivity contribution is -0.137. The minimum absolute atomic E-state index is 0.272. The molecule has 98 valence electrons. The Labute approximate surface area is 108 Å². The van der Waals surface area contributed by atoms with Gasteiger partial charge < -0.3 is 10.6 Å². The summed E-state index contributed by atoms with van der Waals surface area (Å²) < 4.78 is 0. The average molecular weight is 256 g/mol. The summed E-state index contributed by atoms with van der Waals surface area (Å²) in [5, 5.41) is 0. The molecule has 0 radical (unpaired) electrons. The molecule has 17 heavy (non-hydrogen) atoms. The maximum atomic E-state index is 12.4. The molecule has 0 bridgehead atoms. The fraction of sp³-hybridized carbons (Fsp3) is 0.923. The summed E-state index contributed by atoms with van der Waals surface area (Å²) in [7, 11) is 1.99. The molecule has 1 aliphatic heterocycles. The second-order valence-electron chi connectivity index (χ2n) is 5.42. The maximum absolute atomic E-state index is 12.4. The van der Waals surface area contributed by atoms with Crippen molar-refractivity contribution in [2.45, 2.75) is 38.1 Å². The molecule has 1 unspecified atom stereocenters. The fourth-order valence-corrected chi connectivity index (χ4v) is 4.21. The number of rotatable bonds is 3. The van der Waals surface area contributed by atoms with Gasteiger partial charge in [0.1, 0.15) is 0 Å². The van der Waals surface area contributed by atoms with E-state index in [9.17, 15) is 4.79 Å². The van der Waals surface area contributed by atoms with E-state index >= 15 is 0 Å². The van der Waals surface area contributed by atoms with E-state index < -0.39 is 0 Å². The minimum atomic E-state index is 0.272. The maximum Gasteiger partial charge on any atom is 0.225 e. The van der Waals surface area contributed by atoms with Crippen molar-refractivity contribution in [2.24, 2.45) is 17.6 Å². The molecule has 0 aromatic heterocycles. The van der Waals surface area contributed by atoms with Crippen LogP contribution in [-0.4, -0.2) is 41.9 Å². The highest BCUT2D eigenvalue weighted by molar-refractivity contribution is 7.99. The van der Waals surface area contributed by atoms with Gasteiger partial charge in [-0.2, -0.15) is 11.8 Å². The molecule has 4 heteroatoms. The van der Waals surface area contributed by atoms with Crippen molar-refractivity contribution in [1.82, 2.24) is 4.90 Å². The highest BCUT2D eigenvalue weighted by Crippen LogP contribution is 2.31. The number of nitrogens with two attached hydrogens (primary N) is 1. The minimum Gasteiger partial charge on any atom is -0.342 e. The van der Waals surface area contributed by atoms with Gasteiger partial charge in [-0.15, -0.1) is 0 Å². The van der Waals surface area contributed by atoms with Crippen molar-refractivity contribution in [2.75, 3.05) is 25.1 Å². The zero-order valence-electron chi connectivity index (χ0n) is 10.7. The molecule has 0 aromatic rings. The third-order valence-corrected chi connectivity index (χ3v) is 5.48. The first-order valence-corrected chi connectivity index (χ1v) is 7.92. The molecule has 2 rings (SSSR count). The second-order valence-corrected chi connectivity index (χ2v) is 6.57. The zero-order valence-corrected chi connectivity index (χ0v) is 11.5. The van der Waals surface area contributed by atoms with Gasteiger partial charge in [0.15, 0.2) is 0 Å². The van der Waals surface area contributed by atoms with E-state index in [0.29, 0.717) is 17.9 Å². The summed E-state index contributed by atoms with van der Waals surface area (Å²) in [4.78, 5) is 14.4. The first kappa shape index (κ1) is 13.2. The Hall–Kier alpha value is -0.220. The lowest BCUT2D eigenvalue weighted by Gasteiger charge is -2.32. The van der Waals surface area contributed by atoms with Crippen LogP contribution in [0.4, 0.5) is 0 Å². The van der Waals surface area contributed by atoms with E-state index in [1.54, 1.807) is 0 Å². The summed E-state index contributed by atoms with van der Waals surface area (Å²) in [5.41, 5.74) is 5.69. The van der Waals surface area contributed by atoms with E-state index in [4.69, 9.17) is 5.73 Å². The van der Waals surface area contributed by atoms with Crippen LogP contribution >= 0.6 is 11.8 Å². The number of hydrogen-bond donors (Lipinski definition) is 1. The van der Waals surface area contributed by atoms with E-state index in [1.165, 1.54) is 12.2 Å². The summed E-state index contributed by atoms with van der Waals surface area (Å²) in [5.74, 6) is 3.65. The molecular weight excluding hydrogens is 232 g/mol. The molecule has 1 amide bonds. The highest BCUT2D eigenvalue weighted by atomic mass is 32.2. The number of carbonyl (C=O) groups is 1. The Balaban J connectivity index is 1.83. The Morgan fingerprint density at radius 3 is 2.53 bits per heavy atom. The van der Waals surface area contributed by atoms with E-state index in [0.717, 1.165) is 38.0 Å². The van der Waals surface area contributed by atoms with Gasteiger partial charge in [0, 0.05) is 24.8 Å². The van der Waals surface area contributed by atoms with Crippen LogP contribution in [-0.2, 0) is 4.79 Å².